The highest BCUT2D eigenvalue weighted by molar-refractivity contribution is 6.30. The Morgan fingerprint density at radius 2 is 1.81 bits per heavy atom. The molecule has 0 spiro atoms. The number of nitrogens with zero attached hydrogens (tertiary/aromatic N) is 1. The number of hydrogen-bond acceptors (Lipinski definition) is 3. The maximum absolute atomic E-state index is 12.7. The Kier molecular flexibility index (Phi) is 9.28. The molecular weight excluding hydrogens is 415 g/mol. The molecule has 2 N–H and O–H groups in total. The number of carboxylic acid groups (broad SMARTS) is 1. The van der Waals surface area contributed by atoms with Crippen LogP contribution in [0.25, 0.3) is 0 Å². The smallest absolute Gasteiger partial charge is 0.475 e. The lowest BCUT2D eigenvalue weighted by Crippen LogP contribution is -2.38. The Balaban J connectivity index is 0.000000445. The zero-order chi connectivity index (χ0) is 20.6. The summed E-state index contributed by atoms with van der Waals surface area (Å²) in [5, 5.41) is 10.3. The van der Waals surface area contributed by atoms with Gasteiger partial charge in [-0.05, 0) is 43.6 Å². The summed E-state index contributed by atoms with van der Waals surface area (Å²) in [4.78, 5) is 22.5. The average molecular weight is 433 g/mol. The van der Waals surface area contributed by atoms with Crippen molar-refractivity contribution < 1.29 is 32.3 Å². The van der Waals surface area contributed by atoms with Crippen molar-refractivity contribution in [3.63, 3.8) is 0 Å². The molecule has 2 atom stereocenters. The molecule has 0 aliphatic carbocycles. The minimum atomic E-state index is -5.08. The molecule has 0 saturated carbocycles. The van der Waals surface area contributed by atoms with Crippen LogP contribution in [0, 0.1) is 0 Å². The van der Waals surface area contributed by atoms with Crippen LogP contribution < -0.4 is 5.32 Å². The van der Waals surface area contributed by atoms with Crippen molar-refractivity contribution in [3.05, 3.63) is 34.9 Å². The molecule has 1 aromatic rings. The molecule has 1 saturated heterocycles. The van der Waals surface area contributed by atoms with Crippen LogP contribution in [0.15, 0.2) is 24.3 Å². The summed E-state index contributed by atoms with van der Waals surface area (Å²) in [6.07, 6.45) is -2.82. The van der Waals surface area contributed by atoms with E-state index in [0.29, 0.717) is 11.6 Å². The van der Waals surface area contributed by atoms with Gasteiger partial charge in [-0.1, -0.05) is 35.3 Å². The van der Waals surface area contributed by atoms with Gasteiger partial charge >= 0.3 is 12.1 Å². The van der Waals surface area contributed by atoms with Gasteiger partial charge in [-0.15, -0.1) is 0 Å². The normalized spacial score (nSPS) is 16.8. The third-order valence-electron chi connectivity index (χ3n) is 3.73. The number of aliphatic carboxylic acids is 1. The molecule has 1 aliphatic heterocycles. The van der Waals surface area contributed by atoms with Crippen LogP contribution in [0.5, 0.6) is 0 Å². The molecule has 11 heteroatoms. The van der Waals surface area contributed by atoms with Crippen LogP contribution in [0.1, 0.15) is 24.4 Å². The van der Waals surface area contributed by atoms with Gasteiger partial charge in [0.15, 0.2) is 0 Å². The molecule has 0 radical (unpaired) electrons. The average Bonchev–Trinajstić information content (AvgIpc) is 3.08. The monoisotopic (exact) mass is 432 g/mol. The first-order chi connectivity index (χ1) is 12.5. The molecule has 0 bridgehead atoms. The summed E-state index contributed by atoms with van der Waals surface area (Å²) in [5.41, 5.74) is -0.988. The lowest BCUT2D eigenvalue weighted by atomic mass is 10.1. The molecule has 1 amide bonds. The fourth-order valence-electron chi connectivity index (χ4n) is 2.50. The minimum absolute atomic E-state index is 0.00410. The molecule has 2 rings (SSSR count). The number of likely N-dealkylation sites (tertiary alicyclic amines) is 1. The van der Waals surface area contributed by atoms with Crippen molar-refractivity contribution in [1.82, 2.24) is 10.2 Å². The Hall–Kier alpha value is -1.58. The first-order valence-electron chi connectivity index (χ1n) is 7.88. The highest BCUT2D eigenvalue weighted by Gasteiger charge is 2.38. The summed E-state index contributed by atoms with van der Waals surface area (Å²) in [6.45, 7) is 2.26. The molecule has 152 valence electrons. The second-order valence-corrected chi connectivity index (χ2v) is 6.48. The van der Waals surface area contributed by atoms with Gasteiger partial charge in [0.25, 0.3) is 11.5 Å². The molecule has 2 unspecified atom stereocenters. The number of carbonyl (C=O) groups is 2. The second kappa shape index (κ2) is 10.7. The summed E-state index contributed by atoms with van der Waals surface area (Å²) in [5.74, 6) is -3.55. The van der Waals surface area contributed by atoms with Gasteiger partial charge in [-0.25, -0.2) is 9.18 Å². The second-order valence-electron chi connectivity index (χ2n) is 5.66. The Morgan fingerprint density at radius 3 is 2.26 bits per heavy atom. The van der Waals surface area contributed by atoms with E-state index in [1.54, 1.807) is 6.07 Å². The van der Waals surface area contributed by atoms with Gasteiger partial charge in [-0.3, -0.25) is 9.69 Å². The van der Waals surface area contributed by atoms with E-state index in [4.69, 9.17) is 33.1 Å². The third-order valence-corrected chi connectivity index (χ3v) is 4.16. The van der Waals surface area contributed by atoms with Crippen molar-refractivity contribution in [1.29, 1.82) is 0 Å². The van der Waals surface area contributed by atoms with Gasteiger partial charge in [0.2, 0.25) is 0 Å². The van der Waals surface area contributed by atoms with Crippen LogP contribution >= 0.6 is 23.2 Å². The Labute approximate surface area is 163 Å². The lowest BCUT2D eigenvalue weighted by Gasteiger charge is -2.28. The van der Waals surface area contributed by atoms with Crippen LogP contribution in [0.3, 0.4) is 0 Å². The molecule has 1 aliphatic rings. The maximum Gasteiger partial charge on any atom is 0.490 e. The van der Waals surface area contributed by atoms with E-state index in [-0.39, 0.29) is 6.04 Å². The summed E-state index contributed by atoms with van der Waals surface area (Å²) < 4.78 is 44.4. The van der Waals surface area contributed by atoms with Gasteiger partial charge in [0.05, 0.1) is 6.04 Å². The number of amides is 1. The molecule has 27 heavy (non-hydrogen) atoms. The molecule has 1 heterocycles. The fourth-order valence-corrected chi connectivity index (χ4v) is 2.78. The summed E-state index contributed by atoms with van der Waals surface area (Å²) in [6, 6.07) is 7.53. The zero-order valence-electron chi connectivity index (χ0n) is 14.0. The van der Waals surface area contributed by atoms with E-state index >= 15 is 0 Å². The molecular formula is C16H18Cl2F4N2O3. The van der Waals surface area contributed by atoms with Gasteiger partial charge < -0.3 is 10.4 Å². The number of rotatable bonds is 5. The van der Waals surface area contributed by atoms with Crippen LogP contribution in [0.2, 0.25) is 5.02 Å². The number of nitrogens with one attached hydrogen (secondary N) is 1. The number of hydrogen-bond donors (Lipinski definition) is 2. The first-order valence-corrected chi connectivity index (χ1v) is 8.69. The molecule has 1 fully saturated rings. The van der Waals surface area contributed by atoms with E-state index in [2.05, 4.69) is 10.2 Å². The lowest BCUT2D eigenvalue weighted by molar-refractivity contribution is -0.192. The van der Waals surface area contributed by atoms with E-state index in [1.807, 2.05) is 18.2 Å². The number of carboxylic acids is 1. The topological polar surface area (TPSA) is 69.6 Å². The molecule has 0 aromatic heterocycles. The predicted octanol–water partition coefficient (Wildman–Crippen LogP) is 3.76. The largest absolute Gasteiger partial charge is 0.490 e. The molecule has 5 nitrogen and oxygen atoms in total. The standard InChI is InChI=1S/C14H17Cl2FN2O.C2HF3O2/c15-11-5-3-4-10(8-11)12(19-6-1-2-7-19)9-18-14(20)13(16)17;3-2(4,5)1(6)7/h3-5,8,12-13H,1-2,6-7,9H2,(H,18,20);(H,6,7). The van der Waals surface area contributed by atoms with E-state index in [9.17, 15) is 22.4 Å². The number of carbonyl (C=O) groups excluding carboxylic acids is 1. The predicted molar refractivity (Wildman–Crippen MR) is 92.4 cm³/mol. The SMILES string of the molecule is O=C(NCC(c1cccc(Cl)c1)N1CCCC1)C(F)Cl.O=C(O)C(F)(F)F. The highest BCUT2D eigenvalue weighted by Crippen LogP contribution is 2.26. The van der Waals surface area contributed by atoms with E-state index in [0.717, 1.165) is 31.5 Å². The van der Waals surface area contributed by atoms with Crippen molar-refractivity contribution >= 4 is 35.1 Å². The van der Waals surface area contributed by atoms with Crippen LogP contribution in [0.4, 0.5) is 17.6 Å². The number of alkyl halides is 5. The van der Waals surface area contributed by atoms with Crippen LogP contribution in [-0.4, -0.2) is 53.3 Å². The van der Waals surface area contributed by atoms with Gasteiger partial charge in [-0.2, -0.15) is 13.2 Å². The quantitative estimate of drug-likeness (QED) is 0.548. The van der Waals surface area contributed by atoms with Crippen molar-refractivity contribution in [2.75, 3.05) is 19.6 Å². The minimum Gasteiger partial charge on any atom is -0.475 e. The van der Waals surface area contributed by atoms with E-state index in [1.165, 1.54) is 0 Å². The Bertz CT molecular complexity index is 638. The highest BCUT2D eigenvalue weighted by atomic mass is 35.5. The van der Waals surface area contributed by atoms with E-state index < -0.39 is 23.7 Å². The fraction of sp³-hybridized carbons (Fsp3) is 0.500. The first kappa shape index (κ1) is 23.5. The zero-order valence-corrected chi connectivity index (χ0v) is 15.5. The Morgan fingerprint density at radius 1 is 1.26 bits per heavy atom. The van der Waals surface area contributed by atoms with Crippen molar-refractivity contribution in [3.8, 4) is 0 Å². The van der Waals surface area contributed by atoms with Crippen LogP contribution in [-0.2, 0) is 9.59 Å². The molecule has 1 aromatic carbocycles. The van der Waals surface area contributed by atoms with Gasteiger partial charge in [0, 0.05) is 11.6 Å². The number of halogens is 6. The summed E-state index contributed by atoms with van der Waals surface area (Å²) in [7, 11) is 0. The third kappa shape index (κ3) is 8.32. The van der Waals surface area contributed by atoms with Crippen molar-refractivity contribution in [2.45, 2.75) is 30.7 Å². The number of benzene rings is 1. The van der Waals surface area contributed by atoms with Crippen molar-refractivity contribution in [2.24, 2.45) is 0 Å². The summed E-state index contributed by atoms with van der Waals surface area (Å²) >= 11 is 11.2. The maximum atomic E-state index is 12.7. The van der Waals surface area contributed by atoms with Gasteiger partial charge in [0.1, 0.15) is 0 Å².